The molecule has 0 unspecified atom stereocenters. The Hall–Kier alpha value is -2.68. The van der Waals surface area contributed by atoms with Crippen LogP contribution in [0.2, 0.25) is 0 Å². The van der Waals surface area contributed by atoms with Gasteiger partial charge in [-0.2, -0.15) is 5.10 Å². The highest BCUT2D eigenvalue weighted by Gasteiger charge is 2.02. The van der Waals surface area contributed by atoms with E-state index in [0.29, 0.717) is 5.56 Å². The molecule has 0 saturated carbocycles. The molecule has 0 aromatic heterocycles. The molecule has 0 aliphatic rings. The first-order valence-electron chi connectivity index (χ1n) is 6.78. The van der Waals surface area contributed by atoms with Gasteiger partial charge in [0.1, 0.15) is 0 Å². The number of amides is 1. The van der Waals surface area contributed by atoms with Gasteiger partial charge in [0.05, 0.1) is 6.21 Å². The Morgan fingerprint density at radius 3 is 2.57 bits per heavy atom. The number of aryl methyl sites for hydroxylation is 1. The van der Waals surface area contributed by atoms with Crippen LogP contribution in [-0.2, 0) is 0 Å². The van der Waals surface area contributed by atoms with Crippen LogP contribution in [0.4, 0.5) is 0 Å². The Morgan fingerprint density at radius 2 is 1.86 bits per heavy atom. The highest BCUT2D eigenvalue weighted by atomic mass is 16.2. The van der Waals surface area contributed by atoms with Crippen molar-refractivity contribution in [2.24, 2.45) is 5.10 Å². The molecule has 2 aromatic carbocycles. The predicted molar refractivity (Wildman–Crippen MR) is 87.2 cm³/mol. The van der Waals surface area contributed by atoms with Crippen LogP contribution in [0.3, 0.4) is 0 Å². The van der Waals surface area contributed by atoms with Crippen LogP contribution >= 0.6 is 0 Å². The lowest BCUT2D eigenvalue weighted by molar-refractivity contribution is 0.0955. The number of nitrogens with one attached hydrogen (secondary N) is 1. The lowest BCUT2D eigenvalue weighted by Gasteiger charge is -2.00. The Morgan fingerprint density at radius 1 is 1.10 bits per heavy atom. The van der Waals surface area contributed by atoms with Crippen LogP contribution in [0.25, 0.3) is 6.08 Å². The van der Waals surface area contributed by atoms with Crippen molar-refractivity contribution in [2.45, 2.75) is 13.8 Å². The molecule has 3 heteroatoms. The van der Waals surface area contributed by atoms with Gasteiger partial charge in [-0.05, 0) is 37.1 Å². The summed E-state index contributed by atoms with van der Waals surface area (Å²) in [5.74, 6) is -0.206. The summed E-state index contributed by atoms with van der Waals surface area (Å²) in [6, 6.07) is 17.4. The van der Waals surface area contributed by atoms with Crippen LogP contribution in [-0.4, -0.2) is 12.1 Å². The molecule has 0 spiro atoms. The van der Waals surface area contributed by atoms with E-state index in [1.165, 1.54) is 0 Å². The molecule has 3 nitrogen and oxygen atoms in total. The third-order valence-electron chi connectivity index (χ3n) is 2.91. The molecule has 21 heavy (non-hydrogen) atoms. The van der Waals surface area contributed by atoms with Crippen LogP contribution in [0.15, 0.2) is 65.3 Å². The molecule has 1 N–H and O–H groups in total. The van der Waals surface area contributed by atoms with E-state index < -0.39 is 0 Å². The zero-order chi connectivity index (χ0) is 15.1. The van der Waals surface area contributed by atoms with E-state index in [2.05, 4.69) is 10.5 Å². The lowest BCUT2D eigenvalue weighted by atomic mass is 10.1. The fourth-order valence-electron chi connectivity index (χ4n) is 1.89. The third kappa shape index (κ3) is 4.73. The van der Waals surface area contributed by atoms with E-state index in [4.69, 9.17) is 0 Å². The standard InChI is InChI=1S/C18H18N2O/c1-14-7-6-10-17(12-14)18(21)20-19-13-15(2)11-16-8-4-3-5-9-16/h3-13H,1-2H3,(H,20,21)/b15-11-,19-13+. The molecule has 0 aliphatic carbocycles. The number of nitrogens with zero attached hydrogens (tertiary/aromatic N) is 1. The summed E-state index contributed by atoms with van der Waals surface area (Å²) in [5.41, 5.74) is 6.26. The number of hydrogen-bond donors (Lipinski definition) is 1. The minimum atomic E-state index is -0.206. The maximum absolute atomic E-state index is 11.9. The van der Waals surface area contributed by atoms with Crippen molar-refractivity contribution in [1.29, 1.82) is 0 Å². The SMILES string of the molecule is CC(=C/c1ccccc1)/C=N/NC(=O)c1cccc(C)c1. The van der Waals surface area contributed by atoms with Gasteiger partial charge in [-0.15, -0.1) is 0 Å². The summed E-state index contributed by atoms with van der Waals surface area (Å²) >= 11 is 0. The van der Waals surface area contributed by atoms with Crippen molar-refractivity contribution in [2.75, 3.05) is 0 Å². The van der Waals surface area contributed by atoms with E-state index in [1.807, 2.05) is 68.5 Å². The van der Waals surface area contributed by atoms with Crippen molar-refractivity contribution in [1.82, 2.24) is 5.43 Å². The molecular weight excluding hydrogens is 260 g/mol. The molecule has 2 aromatic rings. The van der Waals surface area contributed by atoms with Gasteiger partial charge in [-0.1, -0.05) is 54.1 Å². The minimum absolute atomic E-state index is 0.206. The number of benzene rings is 2. The zero-order valence-corrected chi connectivity index (χ0v) is 12.2. The summed E-state index contributed by atoms with van der Waals surface area (Å²) in [5, 5.41) is 3.98. The maximum Gasteiger partial charge on any atom is 0.271 e. The fourth-order valence-corrected chi connectivity index (χ4v) is 1.89. The second-order valence-electron chi connectivity index (χ2n) is 4.87. The summed E-state index contributed by atoms with van der Waals surface area (Å²) in [6.07, 6.45) is 3.64. The Labute approximate surface area is 125 Å². The molecule has 0 radical (unpaired) electrons. The number of allylic oxidation sites excluding steroid dienone is 1. The quantitative estimate of drug-likeness (QED) is 0.670. The van der Waals surface area contributed by atoms with E-state index in [1.54, 1.807) is 12.3 Å². The Balaban J connectivity index is 1.96. The molecule has 106 valence electrons. The molecule has 2 rings (SSSR count). The van der Waals surface area contributed by atoms with Crippen molar-refractivity contribution >= 4 is 18.2 Å². The van der Waals surface area contributed by atoms with Gasteiger partial charge in [-0.25, -0.2) is 5.43 Å². The maximum atomic E-state index is 11.9. The van der Waals surface area contributed by atoms with Crippen molar-refractivity contribution in [3.8, 4) is 0 Å². The van der Waals surface area contributed by atoms with E-state index in [0.717, 1.165) is 16.7 Å². The highest BCUT2D eigenvalue weighted by molar-refractivity contribution is 5.95. The highest BCUT2D eigenvalue weighted by Crippen LogP contribution is 2.05. The molecule has 0 aliphatic heterocycles. The van der Waals surface area contributed by atoms with Gasteiger partial charge in [0.2, 0.25) is 0 Å². The third-order valence-corrected chi connectivity index (χ3v) is 2.91. The number of rotatable bonds is 4. The molecule has 0 heterocycles. The van der Waals surface area contributed by atoms with E-state index in [9.17, 15) is 4.79 Å². The lowest BCUT2D eigenvalue weighted by Crippen LogP contribution is -2.17. The predicted octanol–water partition coefficient (Wildman–Crippen LogP) is 3.81. The van der Waals surface area contributed by atoms with E-state index >= 15 is 0 Å². The summed E-state index contributed by atoms with van der Waals surface area (Å²) in [6.45, 7) is 3.89. The first-order chi connectivity index (χ1) is 10.1. The van der Waals surface area contributed by atoms with Gasteiger partial charge >= 0.3 is 0 Å². The van der Waals surface area contributed by atoms with Gasteiger partial charge < -0.3 is 0 Å². The topological polar surface area (TPSA) is 41.5 Å². The number of hydrogen-bond acceptors (Lipinski definition) is 2. The molecule has 1 amide bonds. The molecule has 0 bridgehead atoms. The van der Waals surface area contributed by atoms with Crippen molar-refractivity contribution in [3.63, 3.8) is 0 Å². The van der Waals surface area contributed by atoms with Crippen LogP contribution < -0.4 is 5.43 Å². The average molecular weight is 278 g/mol. The molecule has 0 atom stereocenters. The largest absolute Gasteiger partial charge is 0.271 e. The smallest absolute Gasteiger partial charge is 0.267 e. The number of carbonyl (C=O) groups excluding carboxylic acids is 1. The molecule has 0 fully saturated rings. The van der Waals surface area contributed by atoms with Crippen molar-refractivity contribution < 1.29 is 4.79 Å². The van der Waals surface area contributed by atoms with Gasteiger partial charge in [0.25, 0.3) is 5.91 Å². The fraction of sp³-hybridized carbons (Fsp3) is 0.111. The molecule has 0 saturated heterocycles. The second kappa shape index (κ2) is 7.20. The average Bonchev–Trinajstić information content (AvgIpc) is 2.48. The van der Waals surface area contributed by atoms with Crippen molar-refractivity contribution in [3.05, 3.63) is 76.9 Å². The van der Waals surface area contributed by atoms with E-state index in [-0.39, 0.29) is 5.91 Å². The first kappa shape index (κ1) is 14.7. The van der Waals surface area contributed by atoms with Gasteiger partial charge in [0, 0.05) is 5.56 Å². The zero-order valence-electron chi connectivity index (χ0n) is 12.2. The van der Waals surface area contributed by atoms with Gasteiger partial charge in [0.15, 0.2) is 0 Å². The molecular formula is C18H18N2O. The van der Waals surface area contributed by atoms with Crippen LogP contribution in [0, 0.1) is 6.92 Å². The summed E-state index contributed by atoms with van der Waals surface area (Å²) in [7, 11) is 0. The first-order valence-corrected chi connectivity index (χ1v) is 6.78. The normalized spacial score (nSPS) is 11.6. The minimum Gasteiger partial charge on any atom is -0.267 e. The van der Waals surface area contributed by atoms with Crippen LogP contribution in [0.1, 0.15) is 28.4 Å². The number of hydrazone groups is 1. The Bertz CT molecular complexity index is 673. The second-order valence-corrected chi connectivity index (χ2v) is 4.87. The van der Waals surface area contributed by atoms with Crippen LogP contribution in [0.5, 0.6) is 0 Å². The number of carbonyl (C=O) groups is 1. The summed E-state index contributed by atoms with van der Waals surface area (Å²) in [4.78, 5) is 11.9. The monoisotopic (exact) mass is 278 g/mol. The summed E-state index contributed by atoms with van der Waals surface area (Å²) < 4.78 is 0. The van der Waals surface area contributed by atoms with Gasteiger partial charge in [-0.3, -0.25) is 4.79 Å². The Kier molecular flexibility index (Phi) is 5.04.